The van der Waals surface area contributed by atoms with Crippen molar-refractivity contribution >= 4 is 22.1 Å². The van der Waals surface area contributed by atoms with Crippen molar-refractivity contribution in [2.24, 2.45) is 0 Å². The summed E-state index contributed by atoms with van der Waals surface area (Å²) in [7, 11) is 1.70. The first-order valence-electron chi connectivity index (χ1n) is 7.10. The molecular weight excluding hydrogens is 278 g/mol. The highest BCUT2D eigenvalue weighted by Crippen LogP contribution is 2.24. The number of fused-ring (bicyclic) bond motifs is 1. The van der Waals surface area contributed by atoms with Gasteiger partial charge in [0.25, 0.3) is 0 Å². The minimum Gasteiger partial charge on any atom is -0.497 e. The van der Waals surface area contributed by atoms with Crippen LogP contribution in [0, 0.1) is 0 Å². The van der Waals surface area contributed by atoms with E-state index in [1.54, 1.807) is 18.4 Å². The van der Waals surface area contributed by atoms with E-state index in [2.05, 4.69) is 60.1 Å². The predicted molar refractivity (Wildman–Crippen MR) is 90.1 cm³/mol. The van der Waals surface area contributed by atoms with E-state index >= 15 is 0 Å². The first kappa shape index (κ1) is 14.1. The Balaban J connectivity index is 1.76. The summed E-state index contributed by atoms with van der Waals surface area (Å²) in [6, 6.07) is 17.4. The Morgan fingerprint density at radius 2 is 1.90 bits per heavy atom. The number of thiophene rings is 1. The second-order valence-electron chi connectivity index (χ2n) is 5.15. The summed E-state index contributed by atoms with van der Waals surface area (Å²) in [4.78, 5) is 1.37. The zero-order valence-corrected chi connectivity index (χ0v) is 13.1. The van der Waals surface area contributed by atoms with Crippen LogP contribution in [0.1, 0.15) is 23.4 Å². The van der Waals surface area contributed by atoms with Gasteiger partial charge >= 0.3 is 0 Å². The number of hydrogen-bond acceptors (Lipinski definition) is 3. The van der Waals surface area contributed by atoms with Gasteiger partial charge in [-0.2, -0.15) is 0 Å². The van der Waals surface area contributed by atoms with Gasteiger partial charge in [-0.15, -0.1) is 11.3 Å². The van der Waals surface area contributed by atoms with E-state index in [1.165, 1.54) is 21.2 Å². The van der Waals surface area contributed by atoms with Crippen LogP contribution >= 0.6 is 11.3 Å². The Labute approximate surface area is 129 Å². The summed E-state index contributed by atoms with van der Waals surface area (Å²) in [5.41, 5.74) is 1.31. The largest absolute Gasteiger partial charge is 0.497 e. The van der Waals surface area contributed by atoms with E-state index < -0.39 is 0 Å². The number of hydrogen-bond donors (Lipinski definition) is 1. The highest BCUT2D eigenvalue weighted by molar-refractivity contribution is 7.09. The van der Waals surface area contributed by atoms with E-state index in [1.807, 2.05) is 6.07 Å². The molecule has 0 aliphatic heterocycles. The molecule has 0 aliphatic carbocycles. The molecule has 0 bridgehead atoms. The Kier molecular flexibility index (Phi) is 4.23. The van der Waals surface area contributed by atoms with E-state index in [-0.39, 0.29) is 0 Å². The molecule has 0 radical (unpaired) electrons. The fraction of sp³-hybridized carbons (Fsp3) is 0.222. The highest BCUT2D eigenvalue weighted by atomic mass is 32.1. The molecular formula is C18H19NOS. The molecule has 2 nitrogen and oxygen atoms in total. The lowest BCUT2D eigenvalue weighted by Crippen LogP contribution is -2.17. The molecule has 1 heterocycles. The third-order valence-electron chi connectivity index (χ3n) is 3.73. The fourth-order valence-corrected chi connectivity index (χ4v) is 3.08. The first-order valence-corrected chi connectivity index (χ1v) is 7.98. The summed E-state index contributed by atoms with van der Waals surface area (Å²) in [6.45, 7) is 3.12. The van der Waals surface area contributed by atoms with Crippen LogP contribution in [0.5, 0.6) is 5.75 Å². The van der Waals surface area contributed by atoms with Crippen LogP contribution in [-0.4, -0.2) is 7.11 Å². The summed E-state index contributed by atoms with van der Waals surface area (Å²) in [5.74, 6) is 0.902. The lowest BCUT2D eigenvalue weighted by molar-refractivity contribution is 0.415. The van der Waals surface area contributed by atoms with Gasteiger partial charge in [-0.1, -0.05) is 24.3 Å². The smallest absolute Gasteiger partial charge is 0.119 e. The van der Waals surface area contributed by atoms with Gasteiger partial charge < -0.3 is 10.1 Å². The molecule has 1 unspecified atom stereocenters. The Morgan fingerprint density at radius 1 is 1.10 bits per heavy atom. The number of nitrogens with one attached hydrogen (secondary N) is 1. The van der Waals surface area contributed by atoms with Crippen LogP contribution in [-0.2, 0) is 6.54 Å². The molecule has 21 heavy (non-hydrogen) atoms. The summed E-state index contributed by atoms with van der Waals surface area (Å²) in [5, 5.41) is 8.15. The van der Waals surface area contributed by atoms with Gasteiger partial charge in [-0.05, 0) is 52.9 Å². The Hall–Kier alpha value is -1.84. The Bertz CT molecular complexity index is 721. The van der Waals surface area contributed by atoms with Crippen LogP contribution in [0.15, 0.2) is 53.9 Å². The molecule has 0 saturated carbocycles. The van der Waals surface area contributed by atoms with Crippen molar-refractivity contribution in [1.29, 1.82) is 0 Å². The van der Waals surface area contributed by atoms with Crippen molar-refractivity contribution < 1.29 is 4.74 Å². The van der Waals surface area contributed by atoms with Gasteiger partial charge in [0.15, 0.2) is 0 Å². The number of ether oxygens (including phenoxy) is 1. The average molecular weight is 297 g/mol. The van der Waals surface area contributed by atoms with E-state index in [4.69, 9.17) is 4.74 Å². The molecule has 1 aromatic heterocycles. The van der Waals surface area contributed by atoms with Crippen molar-refractivity contribution in [2.75, 3.05) is 7.11 Å². The zero-order chi connectivity index (χ0) is 14.7. The monoisotopic (exact) mass is 297 g/mol. The second kappa shape index (κ2) is 6.29. The number of rotatable bonds is 5. The van der Waals surface area contributed by atoms with Crippen LogP contribution in [0.4, 0.5) is 0 Å². The van der Waals surface area contributed by atoms with Gasteiger partial charge in [0.1, 0.15) is 5.75 Å². The number of benzene rings is 2. The molecule has 3 rings (SSSR count). The highest BCUT2D eigenvalue weighted by Gasteiger charge is 2.06. The van der Waals surface area contributed by atoms with Gasteiger partial charge in [0, 0.05) is 17.5 Å². The fourth-order valence-electron chi connectivity index (χ4n) is 2.42. The normalized spacial score (nSPS) is 12.5. The SMILES string of the molecule is COc1ccc2cc(C(C)NCc3cccs3)ccc2c1. The summed E-state index contributed by atoms with van der Waals surface area (Å²) < 4.78 is 5.27. The molecule has 3 heteroatoms. The zero-order valence-electron chi connectivity index (χ0n) is 12.3. The molecule has 0 aliphatic rings. The van der Waals surface area contributed by atoms with Gasteiger partial charge in [0.05, 0.1) is 7.11 Å². The molecule has 2 aromatic carbocycles. The Morgan fingerprint density at radius 3 is 2.67 bits per heavy atom. The maximum atomic E-state index is 5.27. The third-order valence-corrected chi connectivity index (χ3v) is 4.61. The molecule has 1 N–H and O–H groups in total. The summed E-state index contributed by atoms with van der Waals surface area (Å²) >= 11 is 1.79. The van der Waals surface area contributed by atoms with Crippen molar-refractivity contribution in [3.05, 3.63) is 64.4 Å². The van der Waals surface area contributed by atoms with Crippen LogP contribution in [0.2, 0.25) is 0 Å². The molecule has 0 amide bonds. The van der Waals surface area contributed by atoms with Gasteiger partial charge in [-0.25, -0.2) is 0 Å². The molecule has 0 fully saturated rings. The van der Waals surface area contributed by atoms with Crippen LogP contribution < -0.4 is 10.1 Å². The minimum absolute atomic E-state index is 0.332. The van der Waals surface area contributed by atoms with Crippen molar-refractivity contribution in [3.8, 4) is 5.75 Å². The van der Waals surface area contributed by atoms with Crippen molar-refractivity contribution in [3.63, 3.8) is 0 Å². The average Bonchev–Trinajstić information content (AvgIpc) is 3.05. The number of methoxy groups -OCH3 is 1. The van der Waals surface area contributed by atoms with Crippen molar-refractivity contribution in [2.45, 2.75) is 19.5 Å². The van der Waals surface area contributed by atoms with E-state index in [9.17, 15) is 0 Å². The molecule has 108 valence electrons. The van der Waals surface area contributed by atoms with Crippen LogP contribution in [0.25, 0.3) is 10.8 Å². The maximum Gasteiger partial charge on any atom is 0.119 e. The van der Waals surface area contributed by atoms with Crippen molar-refractivity contribution in [1.82, 2.24) is 5.32 Å². The molecule has 0 saturated heterocycles. The predicted octanol–water partition coefficient (Wildman–Crippen LogP) is 4.76. The lowest BCUT2D eigenvalue weighted by atomic mass is 10.0. The second-order valence-corrected chi connectivity index (χ2v) is 6.19. The lowest BCUT2D eigenvalue weighted by Gasteiger charge is -2.14. The minimum atomic E-state index is 0.332. The molecule has 0 spiro atoms. The first-order chi connectivity index (χ1) is 10.3. The topological polar surface area (TPSA) is 21.3 Å². The molecule has 3 aromatic rings. The van der Waals surface area contributed by atoms with Gasteiger partial charge in [0.2, 0.25) is 0 Å². The van der Waals surface area contributed by atoms with E-state index in [0.717, 1.165) is 12.3 Å². The third kappa shape index (κ3) is 3.26. The van der Waals surface area contributed by atoms with Gasteiger partial charge in [-0.3, -0.25) is 0 Å². The quantitative estimate of drug-likeness (QED) is 0.733. The van der Waals surface area contributed by atoms with E-state index in [0.29, 0.717) is 6.04 Å². The summed E-state index contributed by atoms with van der Waals surface area (Å²) in [6.07, 6.45) is 0. The van der Waals surface area contributed by atoms with Crippen LogP contribution in [0.3, 0.4) is 0 Å². The molecule has 1 atom stereocenters. The maximum absolute atomic E-state index is 5.27. The standard InChI is InChI=1S/C18H19NOS/c1-13(19-12-18-4-3-9-21-18)14-5-6-16-11-17(20-2)8-7-15(16)10-14/h3-11,13,19H,12H2,1-2H3.